The van der Waals surface area contributed by atoms with E-state index >= 15 is 0 Å². The fourth-order valence-corrected chi connectivity index (χ4v) is 3.68. The summed E-state index contributed by atoms with van der Waals surface area (Å²) in [4.78, 5) is 12.5. The van der Waals surface area contributed by atoms with Gasteiger partial charge in [0.2, 0.25) is 0 Å². The normalized spacial score (nSPS) is 11.2. The van der Waals surface area contributed by atoms with Gasteiger partial charge in [-0.3, -0.25) is 4.79 Å². The topological polar surface area (TPSA) is 57.8 Å². The zero-order valence-electron chi connectivity index (χ0n) is 17.4. The molecule has 3 rings (SSSR count). The summed E-state index contributed by atoms with van der Waals surface area (Å²) in [6.07, 6.45) is 2.37. The van der Waals surface area contributed by atoms with E-state index in [2.05, 4.69) is 9.88 Å². The molecule has 1 amide bonds. The van der Waals surface area contributed by atoms with Crippen LogP contribution in [0.4, 0.5) is 0 Å². The number of aryl methyl sites for hydroxylation is 1. The van der Waals surface area contributed by atoms with E-state index in [4.69, 9.17) is 11.6 Å². The molecular formula is C25H24ClN3O. The van der Waals surface area contributed by atoms with Gasteiger partial charge < -0.3 is 9.88 Å². The van der Waals surface area contributed by atoms with E-state index < -0.39 is 0 Å². The first-order chi connectivity index (χ1) is 14.4. The van der Waals surface area contributed by atoms with E-state index in [1.54, 1.807) is 6.08 Å². The Kier molecular flexibility index (Phi) is 6.76. The van der Waals surface area contributed by atoms with Gasteiger partial charge in [0.1, 0.15) is 11.6 Å². The quantitative estimate of drug-likeness (QED) is 0.435. The molecule has 152 valence electrons. The molecule has 0 radical (unpaired) electrons. The number of carbonyl (C=O) groups is 1. The highest BCUT2D eigenvalue weighted by Gasteiger charge is 2.15. The molecule has 0 bridgehead atoms. The molecule has 0 saturated heterocycles. The molecule has 0 fully saturated rings. The molecule has 0 aliphatic rings. The first kappa shape index (κ1) is 21.4. The van der Waals surface area contributed by atoms with Crippen molar-refractivity contribution in [2.24, 2.45) is 0 Å². The predicted molar refractivity (Wildman–Crippen MR) is 122 cm³/mol. The minimum atomic E-state index is -0.364. The molecule has 0 unspecified atom stereocenters. The van der Waals surface area contributed by atoms with Gasteiger partial charge in [-0.25, -0.2) is 0 Å². The number of carbonyl (C=O) groups excluding carboxylic acids is 1. The average molecular weight is 418 g/mol. The molecule has 1 aromatic heterocycles. The summed E-state index contributed by atoms with van der Waals surface area (Å²) in [6.45, 7) is 6.42. The second-order valence-corrected chi connectivity index (χ2v) is 7.61. The van der Waals surface area contributed by atoms with E-state index in [-0.39, 0.29) is 11.5 Å². The Morgan fingerprint density at radius 2 is 1.87 bits per heavy atom. The van der Waals surface area contributed by atoms with E-state index in [0.29, 0.717) is 18.0 Å². The summed E-state index contributed by atoms with van der Waals surface area (Å²) in [5, 5.41) is 13.1. The molecule has 0 saturated carbocycles. The maximum atomic E-state index is 12.5. The van der Waals surface area contributed by atoms with Crippen molar-refractivity contribution < 1.29 is 4.79 Å². The van der Waals surface area contributed by atoms with Crippen LogP contribution in [0.15, 0.2) is 60.2 Å². The minimum Gasteiger partial charge on any atom is -0.351 e. The van der Waals surface area contributed by atoms with Gasteiger partial charge in [0.05, 0.1) is 0 Å². The Morgan fingerprint density at radius 1 is 1.13 bits per heavy atom. The molecule has 1 N–H and O–H groups in total. The number of nitriles is 1. The molecule has 4 nitrogen and oxygen atoms in total. The molecule has 1 heterocycles. The Labute approximate surface area is 182 Å². The molecule has 3 aromatic rings. The molecule has 0 aliphatic carbocycles. The van der Waals surface area contributed by atoms with Gasteiger partial charge in [0.25, 0.3) is 5.91 Å². The number of nitrogens with zero attached hydrogens (tertiary/aromatic N) is 2. The SMILES string of the molecule is Cc1c(Cl)cccc1-n1c(C)cc(/C=C(\C#N)C(=O)NCCc2ccccc2)c1C. The van der Waals surface area contributed by atoms with E-state index in [0.717, 1.165) is 33.8 Å². The van der Waals surface area contributed by atoms with Gasteiger partial charge in [-0.1, -0.05) is 48.0 Å². The number of benzene rings is 2. The maximum absolute atomic E-state index is 12.5. The Bertz CT molecular complexity index is 1140. The number of halogens is 1. The number of hydrogen-bond donors (Lipinski definition) is 1. The lowest BCUT2D eigenvalue weighted by molar-refractivity contribution is -0.117. The highest BCUT2D eigenvalue weighted by Crippen LogP contribution is 2.28. The highest BCUT2D eigenvalue weighted by atomic mass is 35.5. The van der Waals surface area contributed by atoms with Crippen molar-refractivity contribution in [2.75, 3.05) is 6.54 Å². The number of hydrogen-bond acceptors (Lipinski definition) is 2. The van der Waals surface area contributed by atoms with Crippen molar-refractivity contribution in [3.8, 4) is 11.8 Å². The van der Waals surface area contributed by atoms with Crippen LogP contribution in [-0.2, 0) is 11.2 Å². The minimum absolute atomic E-state index is 0.0890. The van der Waals surface area contributed by atoms with Crippen LogP contribution in [-0.4, -0.2) is 17.0 Å². The van der Waals surface area contributed by atoms with Crippen LogP contribution < -0.4 is 5.32 Å². The molecule has 2 aromatic carbocycles. The second-order valence-electron chi connectivity index (χ2n) is 7.21. The van der Waals surface area contributed by atoms with Gasteiger partial charge in [-0.2, -0.15) is 5.26 Å². The van der Waals surface area contributed by atoms with Gasteiger partial charge in [-0.15, -0.1) is 0 Å². The average Bonchev–Trinajstić information content (AvgIpc) is 3.02. The summed E-state index contributed by atoms with van der Waals surface area (Å²) in [7, 11) is 0. The number of nitrogens with one attached hydrogen (secondary N) is 1. The van der Waals surface area contributed by atoms with Crippen molar-refractivity contribution in [2.45, 2.75) is 27.2 Å². The van der Waals surface area contributed by atoms with Crippen molar-refractivity contribution >= 4 is 23.6 Å². The van der Waals surface area contributed by atoms with Crippen LogP contribution in [0.25, 0.3) is 11.8 Å². The first-order valence-corrected chi connectivity index (χ1v) is 10.2. The number of aromatic nitrogens is 1. The lowest BCUT2D eigenvalue weighted by Gasteiger charge is -2.13. The molecular weight excluding hydrogens is 394 g/mol. The fourth-order valence-electron chi connectivity index (χ4n) is 3.51. The third kappa shape index (κ3) is 4.64. The largest absolute Gasteiger partial charge is 0.351 e. The van der Waals surface area contributed by atoms with Crippen LogP contribution in [0, 0.1) is 32.1 Å². The lowest BCUT2D eigenvalue weighted by atomic mass is 10.1. The van der Waals surface area contributed by atoms with Crippen LogP contribution in [0.5, 0.6) is 0 Å². The lowest BCUT2D eigenvalue weighted by Crippen LogP contribution is -2.26. The fraction of sp³-hybridized carbons (Fsp3) is 0.200. The van der Waals surface area contributed by atoms with E-state index in [1.807, 2.05) is 81.4 Å². The zero-order valence-corrected chi connectivity index (χ0v) is 18.1. The maximum Gasteiger partial charge on any atom is 0.261 e. The Morgan fingerprint density at radius 3 is 2.57 bits per heavy atom. The van der Waals surface area contributed by atoms with Gasteiger partial charge in [-0.05, 0) is 68.2 Å². The van der Waals surface area contributed by atoms with Crippen molar-refractivity contribution in [3.63, 3.8) is 0 Å². The Hall–Kier alpha value is -3.29. The monoisotopic (exact) mass is 417 g/mol. The molecule has 0 aliphatic heterocycles. The van der Waals surface area contributed by atoms with Crippen LogP contribution in [0.2, 0.25) is 5.02 Å². The highest BCUT2D eigenvalue weighted by molar-refractivity contribution is 6.31. The summed E-state index contributed by atoms with van der Waals surface area (Å²) in [5.74, 6) is -0.364. The van der Waals surface area contributed by atoms with Gasteiger partial charge in [0, 0.05) is 28.6 Å². The van der Waals surface area contributed by atoms with E-state index in [1.165, 1.54) is 0 Å². The van der Waals surface area contributed by atoms with Crippen LogP contribution in [0.1, 0.15) is 28.1 Å². The third-order valence-electron chi connectivity index (χ3n) is 5.16. The van der Waals surface area contributed by atoms with Crippen LogP contribution >= 0.6 is 11.6 Å². The smallest absolute Gasteiger partial charge is 0.261 e. The van der Waals surface area contributed by atoms with E-state index in [9.17, 15) is 10.1 Å². The second kappa shape index (κ2) is 9.47. The Balaban J connectivity index is 1.81. The number of amides is 1. The molecule has 30 heavy (non-hydrogen) atoms. The molecule has 5 heteroatoms. The van der Waals surface area contributed by atoms with Crippen molar-refractivity contribution in [3.05, 3.63) is 93.3 Å². The molecule has 0 atom stereocenters. The summed E-state index contributed by atoms with van der Waals surface area (Å²) in [6, 6.07) is 19.7. The zero-order chi connectivity index (χ0) is 21.7. The molecule has 0 spiro atoms. The summed E-state index contributed by atoms with van der Waals surface area (Å²) < 4.78 is 2.09. The van der Waals surface area contributed by atoms with Crippen molar-refractivity contribution in [1.29, 1.82) is 5.26 Å². The third-order valence-corrected chi connectivity index (χ3v) is 5.57. The van der Waals surface area contributed by atoms with Gasteiger partial charge in [0.15, 0.2) is 0 Å². The van der Waals surface area contributed by atoms with Crippen molar-refractivity contribution in [1.82, 2.24) is 9.88 Å². The summed E-state index contributed by atoms with van der Waals surface area (Å²) in [5.41, 5.74) is 5.99. The first-order valence-electron chi connectivity index (χ1n) is 9.80. The summed E-state index contributed by atoms with van der Waals surface area (Å²) >= 11 is 6.30. The predicted octanol–water partition coefficient (Wildman–Crippen LogP) is 5.32. The number of rotatable bonds is 6. The van der Waals surface area contributed by atoms with Gasteiger partial charge >= 0.3 is 0 Å². The van der Waals surface area contributed by atoms with Crippen LogP contribution in [0.3, 0.4) is 0 Å². The standard InChI is InChI=1S/C25H24ClN3O/c1-17-14-21(19(3)29(17)24-11-7-10-23(26)18(24)2)15-22(16-27)25(30)28-13-12-20-8-5-4-6-9-20/h4-11,14-15H,12-13H2,1-3H3,(H,28,30)/b22-15+.